The van der Waals surface area contributed by atoms with Crippen LogP contribution in [0, 0.1) is 23.2 Å². The van der Waals surface area contributed by atoms with Crippen molar-refractivity contribution in [2.24, 2.45) is 23.2 Å². The van der Waals surface area contributed by atoms with Gasteiger partial charge in [-0.15, -0.1) is 0 Å². The molecule has 4 aliphatic carbocycles. The largest absolute Gasteiger partial charge is 0.350 e. The number of aromatic nitrogens is 2. The molecule has 4 aliphatic rings. The van der Waals surface area contributed by atoms with E-state index in [4.69, 9.17) is 0 Å². The quantitative estimate of drug-likeness (QED) is 0.946. The first-order chi connectivity index (χ1) is 11.2. The van der Waals surface area contributed by atoms with E-state index in [1.807, 2.05) is 28.8 Å². The van der Waals surface area contributed by atoms with Gasteiger partial charge in [0.1, 0.15) is 11.3 Å². The standard InChI is InChI=1S/C19H23N3O/c23-18(16-2-1-3-17-20-4-5-22(16)17)21-12-19-9-13-6-14(10-19)8-15(7-13)11-19/h1-5,13-15H,6-12H2,(H,21,23). The van der Waals surface area contributed by atoms with Crippen LogP contribution in [-0.4, -0.2) is 21.8 Å². The second-order valence-electron chi connectivity index (χ2n) is 8.17. The third-order valence-electron chi connectivity index (χ3n) is 6.45. The Bertz CT molecular complexity index is 728. The van der Waals surface area contributed by atoms with Crippen LogP contribution >= 0.6 is 0 Å². The minimum Gasteiger partial charge on any atom is -0.350 e. The van der Waals surface area contributed by atoms with Crippen molar-refractivity contribution in [1.82, 2.24) is 14.7 Å². The average Bonchev–Trinajstić information content (AvgIpc) is 3.00. The van der Waals surface area contributed by atoms with E-state index in [2.05, 4.69) is 10.3 Å². The zero-order valence-corrected chi connectivity index (χ0v) is 13.4. The van der Waals surface area contributed by atoms with E-state index in [1.54, 1.807) is 6.20 Å². The summed E-state index contributed by atoms with van der Waals surface area (Å²) in [6.45, 7) is 0.848. The fourth-order valence-electron chi connectivity index (χ4n) is 6.00. The molecule has 0 atom stereocenters. The third kappa shape index (κ3) is 2.19. The van der Waals surface area contributed by atoms with E-state index in [-0.39, 0.29) is 5.91 Å². The van der Waals surface area contributed by atoms with Crippen LogP contribution in [0.1, 0.15) is 49.0 Å². The Kier molecular flexibility index (Phi) is 2.85. The smallest absolute Gasteiger partial charge is 0.268 e. The minimum atomic E-state index is 0.0318. The van der Waals surface area contributed by atoms with Crippen molar-refractivity contribution in [1.29, 1.82) is 0 Å². The Hall–Kier alpha value is -1.84. The molecule has 4 bridgehead atoms. The highest BCUT2D eigenvalue weighted by Gasteiger charge is 2.50. The lowest BCUT2D eigenvalue weighted by Crippen LogP contribution is -2.51. The van der Waals surface area contributed by atoms with Gasteiger partial charge in [0, 0.05) is 18.9 Å². The van der Waals surface area contributed by atoms with Gasteiger partial charge in [-0.3, -0.25) is 9.20 Å². The van der Waals surface area contributed by atoms with Crippen LogP contribution < -0.4 is 5.32 Å². The number of nitrogens with one attached hydrogen (secondary N) is 1. The molecule has 0 spiro atoms. The second-order valence-corrected chi connectivity index (χ2v) is 8.17. The molecule has 4 heteroatoms. The lowest BCUT2D eigenvalue weighted by molar-refractivity contribution is -0.0503. The van der Waals surface area contributed by atoms with Crippen LogP contribution in [0.25, 0.3) is 5.65 Å². The maximum atomic E-state index is 12.7. The Morgan fingerprint density at radius 2 is 1.87 bits per heavy atom. The van der Waals surface area contributed by atoms with Gasteiger partial charge in [0.2, 0.25) is 0 Å². The highest BCUT2D eigenvalue weighted by atomic mass is 16.1. The van der Waals surface area contributed by atoms with Crippen LogP contribution in [0.4, 0.5) is 0 Å². The predicted octanol–water partition coefficient (Wildman–Crippen LogP) is 3.28. The van der Waals surface area contributed by atoms with Crippen LogP contribution in [0.2, 0.25) is 0 Å². The maximum Gasteiger partial charge on any atom is 0.268 e. The molecule has 0 unspecified atom stereocenters. The highest BCUT2D eigenvalue weighted by Crippen LogP contribution is 2.59. The SMILES string of the molecule is O=C(NCC12CC3CC(CC(C3)C1)C2)c1cccc2nccn12. The number of rotatable bonds is 3. The van der Waals surface area contributed by atoms with Gasteiger partial charge >= 0.3 is 0 Å². The highest BCUT2D eigenvalue weighted by molar-refractivity contribution is 5.93. The Balaban J connectivity index is 1.34. The number of fused-ring (bicyclic) bond motifs is 1. The van der Waals surface area contributed by atoms with E-state index in [9.17, 15) is 4.79 Å². The molecule has 2 aromatic rings. The van der Waals surface area contributed by atoms with E-state index >= 15 is 0 Å². The normalized spacial score (nSPS) is 34.9. The summed E-state index contributed by atoms with van der Waals surface area (Å²) in [7, 11) is 0. The molecule has 1 amide bonds. The van der Waals surface area contributed by atoms with E-state index in [1.165, 1.54) is 38.5 Å². The first-order valence-corrected chi connectivity index (χ1v) is 8.91. The van der Waals surface area contributed by atoms with Crippen molar-refractivity contribution in [2.45, 2.75) is 38.5 Å². The van der Waals surface area contributed by atoms with E-state index < -0.39 is 0 Å². The third-order valence-corrected chi connectivity index (χ3v) is 6.45. The maximum absolute atomic E-state index is 12.7. The Morgan fingerprint density at radius 1 is 1.17 bits per heavy atom. The van der Waals surface area contributed by atoms with Gasteiger partial charge in [-0.25, -0.2) is 4.98 Å². The molecular weight excluding hydrogens is 286 g/mol. The first-order valence-electron chi connectivity index (χ1n) is 8.91. The number of hydrogen-bond donors (Lipinski definition) is 1. The van der Waals surface area contributed by atoms with Gasteiger partial charge in [-0.1, -0.05) is 6.07 Å². The first kappa shape index (κ1) is 13.6. The zero-order valence-electron chi connectivity index (χ0n) is 13.4. The number of amides is 1. The summed E-state index contributed by atoms with van der Waals surface area (Å²) in [5, 5.41) is 3.25. The number of imidazole rings is 1. The number of pyridine rings is 1. The van der Waals surface area contributed by atoms with Crippen molar-refractivity contribution in [3.05, 3.63) is 36.3 Å². The molecule has 4 nitrogen and oxygen atoms in total. The molecule has 0 aliphatic heterocycles. The van der Waals surface area contributed by atoms with E-state index in [0.717, 1.165) is 29.9 Å². The Morgan fingerprint density at radius 3 is 2.57 bits per heavy atom. The number of hydrogen-bond acceptors (Lipinski definition) is 2. The van der Waals surface area contributed by atoms with Crippen molar-refractivity contribution >= 4 is 11.6 Å². The predicted molar refractivity (Wildman–Crippen MR) is 88.1 cm³/mol. The molecule has 6 rings (SSSR count). The fraction of sp³-hybridized carbons (Fsp3) is 0.579. The molecule has 120 valence electrons. The van der Waals surface area contributed by atoms with Gasteiger partial charge in [0.25, 0.3) is 5.91 Å². The molecule has 4 fully saturated rings. The number of carbonyl (C=O) groups is 1. The average molecular weight is 309 g/mol. The van der Waals surface area contributed by atoms with Gasteiger partial charge in [0.05, 0.1) is 0 Å². The molecule has 2 heterocycles. The van der Waals surface area contributed by atoms with Crippen LogP contribution in [0.3, 0.4) is 0 Å². The molecular formula is C19H23N3O. The summed E-state index contributed by atoms with van der Waals surface area (Å²) in [5.41, 5.74) is 1.89. The fourth-order valence-corrected chi connectivity index (χ4v) is 6.00. The van der Waals surface area contributed by atoms with Crippen LogP contribution in [0.5, 0.6) is 0 Å². The van der Waals surface area contributed by atoms with Crippen LogP contribution in [0.15, 0.2) is 30.6 Å². The summed E-state index contributed by atoms with van der Waals surface area (Å²) >= 11 is 0. The van der Waals surface area contributed by atoms with Gasteiger partial charge in [-0.2, -0.15) is 0 Å². The molecule has 2 aromatic heterocycles. The monoisotopic (exact) mass is 309 g/mol. The number of carbonyl (C=O) groups excluding carboxylic acids is 1. The Labute approximate surface area is 136 Å². The van der Waals surface area contributed by atoms with Crippen molar-refractivity contribution in [3.8, 4) is 0 Å². The number of nitrogens with zero attached hydrogens (tertiary/aromatic N) is 2. The van der Waals surface area contributed by atoms with Crippen LogP contribution in [-0.2, 0) is 0 Å². The topological polar surface area (TPSA) is 46.4 Å². The molecule has 0 saturated heterocycles. The van der Waals surface area contributed by atoms with Gasteiger partial charge in [-0.05, 0) is 73.8 Å². The summed E-state index contributed by atoms with van der Waals surface area (Å²) in [6, 6.07) is 5.71. The molecule has 0 radical (unpaired) electrons. The molecule has 1 N–H and O–H groups in total. The lowest BCUT2D eigenvalue weighted by Gasteiger charge is -2.56. The van der Waals surface area contributed by atoms with Crippen molar-refractivity contribution in [3.63, 3.8) is 0 Å². The summed E-state index contributed by atoms with van der Waals surface area (Å²) in [5.74, 6) is 2.81. The molecule has 0 aromatic carbocycles. The molecule has 4 saturated carbocycles. The van der Waals surface area contributed by atoms with E-state index in [0.29, 0.717) is 11.1 Å². The van der Waals surface area contributed by atoms with Gasteiger partial charge < -0.3 is 5.32 Å². The summed E-state index contributed by atoms with van der Waals surface area (Å²) in [4.78, 5) is 16.9. The summed E-state index contributed by atoms with van der Waals surface area (Å²) in [6.07, 6.45) is 11.9. The minimum absolute atomic E-state index is 0.0318. The summed E-state index contributed by atoms with van der Waals surface area (Å²) < 4.78 is 1.87. The van der Waals surface area contributed by atoms with Gasteiger partial charge in [0.15, 0.2) is 0 Å². The second kappa shape index (κ2) is 4.83. The molecule has 23 heavy (non-hydrogen) atoms. The van der Waals surface area contributed by atoms with Crippen molar-refractivity contribution in [2.75, 3.05) is 6.54 Å². The lowest BCUT2D eigenvalue weighted by atomic mass is 9.49. The zero-order chi connectivity index (χ0) is 15.4. The van der Waals surface area contributed by atoms with Crippen molar-refractivity contribution < 1.29 is 4.79 Å².